The average molecular weight is 199 g/mol. The molecular weight excluding hydrogens is 178 g/mol. The van der Waals surface area contributed by atoms with Gasteiger partial charge >= 0.3 is 0 Å². The van der Waals surface area contributed by atoms with E-state index in [0.717, 1.165) is 45.7 Å². The maximum atomic E-state index is 8.73. The molecule has 1 rings (SSSR count). The molecule has 0 saturated carbocycles. The molecule has 0 bridgehead atoms. The quantitative estimate of drug-likeness (QED) is 0.629. The van der Waals surface area contributed by atoms with Crippen LogP contribution in [0.25, 0.3) is 0 Å². The molecular formula is C10H21N3O. The molecule has 0 atom stereocenters. The lowest BCUT2D eigenvalue weighted by atomic mass is 10.3. The van der Waals surface area contributed by atoms with Crippen molar-refractivity contribution >= 4 is 6.34 Å². The zero-order valence-corrected chi connectivity index (χ0v) is 9.02. The van der Waals surface area contributed by atoms with Crippen LogP contribution in [0.2, 0.25) is 0 Å². The Morgan fingerprint density at radius 3 is 2.93 bits per heavy atom. The van der Waals surface area contributed by atoms with Gasteiger partial charge in [-0.1, -0.05) is 6.92 Å². The van der Waals surface area contributed by atoms with E-state index in [1.807, 2.05) is 6.34 Å². The minimum atomic E-state index is 0.293. The van der Waals surface area contributed by atoms with E-state index in [4.69, 9.17) is 5.11 Å². The monoisotopic (exact) mass is 199 g/mol. The predicted molar refractivity (Wildman–Crippen MR) is 58.7 cm³/mol. The number of aliphatic hydroxyl groups is 1. The van der Waals surface area contributed by atoms with E-state index in [9.17, 15) is 0 Å². The molecule has 0 unspecified atom stereocenters. The van der Waals surface area contributed by atoms with Crippen molar-refractivity contribution in [3.63, 3.8) is 0 Å². The van der Waals surface area contributed by atoms with Crippen molar-refractivity contribution in [2.45, 2.75) is 13.3 Å². The Kier molecular flexibility index (Phi) is 5.56. The molecule has 14 heavy (non-hydrogen) atoms. The Bertz CT molecular complexity index is 173. The molecule has 1 N–H and O–H groups in total. The fourth-order valence-electron chi connectivity index (χ4n) is 1.58. The van der Waals surface area contributed by atoms with Crippen LogP contribution in [-0.2, 0) is 0 Å². The van der Waals surface area contributed by atoms with E-state index < -0.39 is 0 Å². The van der Waals surface area contributed by atoms with Gasteiger partial charge in [-0.05, 0) is 13.0 Å². The van der Waals surface area contributed by atoms with Crippen LogP contribution in [0, 0.1) is 0 Å². The van der Waals surface area contributed by atoms with Crippen molar-refractivity contribution in [2.24, 2.45) is 4.99 Å². The number of hydrogen-bond acceptors (Lipinski definition) is 4. The van der Waals surface area contributed by atoms with Crippen LogP contribution in [0.3, 0.4) is 0 Å². The fraction of sp³-hybridized carbons (Fsp3) is 0.900. The minimum absolute atomic E-state index is 0.293. The molecule has 4 nitrogen and oxygen atoms in total. The summed E-state index contributed by atoms with van der Waals surface area (Å²) in [6, 6.07) is 0. The van der Waals surface area contributed by atoms with Crippen molar-refractivity contribution in [1.82, 2.24) is 9.80 Å². The molecule has 1 heterocycles. The molecule has 1 aliphatic heterocycles. The van der Waals surface area contributed by atoms with Crippen LogP contribution in [-0.4, -0.2) is 67.1 Å². The molecule has 0 radical (unpaired) electrons. The molecule has 0 aromatic heterocycles. The summed E-state index contributed by atoms with van der Waals surface area (Å²) in [7, 11) is 0. The third kappa shape index (κ3) is 4.07. The van der Waals surface area contributed by atoms with Gasteiger partial charge in [0.2, 0.25) is 0 Å². The van der Waals surface area contributed by atoms with Gasteiger partial charge in [0.05, 0.1) is 12.9 Å². The lowest BCUT2D eigenvalue weighted by Crippen LogP contribution is -2.34. The molecule has 4 heteroatoms. The summed E-state index contributed by atoms with van der Waals surface area (Å²) in [5.74, 6) is 0. The normalized spacial score (nSPS) is 15.8. The van der Waals surface area contributed by atoms with E-state index >= 15 is 0 Å². The van der Waals surface area contributed by atoms with Gasteiger partial charge in [-0.2, -0.15) is 0 Å². The third-order valence-corrected chi connectivity index (χ3v) is 2.54. The second-order valence-corrected chi connectivity index (χ2v) is 3.57. The van der Waals surface area contributed by atoms with Gasteiger partial charge in [-0.3, -0.25) is 4.99 Å². The molecule has 82 valence electrons. The third-order valence-electron chi connectivity index (χ3n) is 2.54. The van der Waals surface area contributed by atoms with Crippen molar-refractivity contribution < 1.29 is 5.11 Å². The first-order valence-corrected chi connectivity index (χ1v) is 5.44. The van der Waals surface area contributed by atoms with Crippen molar-refractivity contribution in [3.05, 3.63) is 0 Å². The Morgan fingerprint density at radius 1 is 1.50 bits per heavy atom. The number of aliphatic hydroxyl groups excluding tert-OH is 1. The van der Waals surface area contributed by atoms with Crippen LogP contribution >= 0.6 is 0 Å². The zero-order chi connectivity index (χ0) is 10.2. The van der Waals surface area contributed by atoms with Crippen molar-refractivity contribution in [2.75, 3.05) is 45.9 Å². The summed E-state index contributed by atoms with van der Waals surface area (Å²) >= 11 is 0. The van der Waals surface area contributed by atoms with Gasteiger partial charge in [-0.25, -0.2) is 0 Å². The summed E-state index contributed by atoms with van der Waals surface area (Å²) in [6.07, 6.45) is 2.82. The Balaban J connectivity index is 2.09. The largest absolute Gasteiger partial charge is 0.396 e. The number of hydrogen-bond donors (Lipinski definition) is 1. The van der Waals surface area contributed by atoms with Gasteiger partial charge in [0.25, 0.3) is 0 Å². The summed E-state index contributed by atoms with van der Waals surface area (Å²) in [5, 5.41) is 8.73. The molecule has 0 aliphatic carbocycles. The molecule has 0 fully saturated rings. The Morgan fingerprint density at radius 2 is 2.36 bits per heavy atom. The molecule has 0 aromatic carbocycles. The fourth-order valence-corrected chi connectivity index (χ4v) is 1.58. The van der Waals surface area contributed by atoms with E-state index in [1.165, 1.54) is 0 Å². The first-order valence-electron chi connectivity index (χ1n) is 5.44. The highest BCUT2D eigenvalue weighted by molar-refractivity contribution is 5.56. The Labute approximate surface area is 86.2 Å². The first-order chi connectivity index (χ1) is 6.86. The van der Waals surface area contributed by atoms with E-state index in [-0.39, 0.29) is 0 Å². The van der Waals surface area contributed by atoms with E-state index in [0.29, 0.717) is 6.61 Å². The SMILES string of the molecule is CCN(CCCO)CCN1C=NCC1. The van der Waals surface area contributed by atoms with Gasteiger partial charge in [0.1, 0.15) is 0 Å². The second kappa shape index (κ2) is 6.79. The number of likely N-dealkylation sites (N-methyl/N-ethyl adjacent to an activating group) is 1. The van der Waals surface area contributed by atoms with E-state index in [1.54, 1.807) is 0 Å². The van der Waals surface area contributed by atoms with E-state index in [2.05, 4.69) is 21.7 Å². The first kappa shape index (κ1) is 11.5. The van der Waals surface area contributed by atoms with Gasteiger partial charge in [-0.15, -0.1) is 0 Å². The smallest absolute Gasteiger partial charge is 0.0851 e. The van der Waals surface area contributed by atoms with Crippen molar-refractivity contribution in [3.8, 4) is 0 Å². The van der Waals surface area contributed by atoms with Crippen LogP contribution in [0.1, 0.15) is 13.3 Å². The predicted octanol–water partition coefficient (Wildman–Crippen LogP) is 0.0346. The summed E-state index contributed by atoms with van der Waals surface area (Å²) in [5.41, 5.74) is 0. The molecule has 1 aliphatic rings. The number of rotatable bonds is 7. The molecule has 0 aromatic rings. The average Bonchev–Trinajstić information content (AvgIpc) is 2.71. The summed E-state index contributed by atoms with van der Waals surface area (Å²) in [6.45, 7) is 8.66. The lowest BCUT2D eigenvalue weighted by molar-refractivity contribution is 0.221. The second-order valence-electron chi connectivity index (χ2n) is 3.57. The minimum Gasteiger partial charge on any atom is -0.396 e. The molecule has 0 saturated heterocycles. The zero-order valence-electron chi connectivity index (χ0n) is 9.02. The van der Waals surface area contributed by atoms with Crippen LogP contribution in [0.5, 0.6) is 0 Å². The standard InChI is InChI=1S/C10H21N3O/c1-2-12(5-3-9-14)7-8-13-6-4-11-10-13/h10,14H,2-9H2,1H3. The maximum absolute atomic E-state index is 8.73. The maximum Gasteiger partial charge on any atom is 0.0851 e. The summed E-state index contributed by atoms with van der Waals surface area (Å²) in [4.78, 5) is 8.79. The summed E-state index contributed by atoms with van der Waals surface area (Å²) < 4.78 is 0. The van der Waals surface area contributed by atoms with Crippen LogP contribution in [0.15, 0.2) is 4.99 Å². The highest BCUT2D eigenvalue weighted by atomic mass is 16.3. The highest BCUT2D eigenvalue weighted by Gasteiger charge is 2.07. The van der Waals surface area contributed by atoms with Gasteiger partial charge < -0.3 is 14.9 Å². The van der Waals surface area contributed by atoms with Crippen LogP contribution < -0.4 is 0 Å². The highest BCUT2D eigenvalue weighted by Crippen LogP contribution is 1.96. The topological polar surface area (TPSA) is 39.1 Å². The van der Waals surface area contributed by atoms with Gasteiger partial charge in [0, 0.05) is 32.8 Å². The van der Waals surface area contributed by atoms with Crippen molar-refractivity contribution in [1.29, 1.82) is 0 Å². The lowest BCUT2D eigenvalue weighted by Gasteiger charge is -2.23. The number of aliphatic imine (C=N–C) groups is 1. The van der Waals surface area contributed by atoms with Crippen LogP contribution in [0.4, 0.5) is 0 Å². The Hall–Kier alpha value is -0.610. The number of nitrogens with zero attached hydrogens (tertiary/aromatic N) is 3. The molecule has 0 spiro atoms. The molecule has 0 amide bonds. The van der Waals surface area contributed by atoms with Gasteiger partial charge in [0.15, 0.2) is 0 Å².